The number of rotatable bonds is 61. The first kappa shape index (κ1) is 81.1. The fourth-order valence-corrected chi connectivity index (χ4v) is 11.0. The molecule has 5 atom stereocenters. The maximum atomic E-state index is 13.0. The van der Waals surface area contributed by atoms with E-state index in [1.54, 1.807) is 0 Å². The number of aliphatic hydroxyl groups excluding tert-OH is 1. The number of unbranched alkanes of at least 4 members (excludes halogenated alkanes) is 27. The van der Waals surface area contributed by atoms with Gasteiger partial charge in [-0.05, 0) is 49.4 Å². The summed E-state index contributed by atoms with van der Waals surface area (Å²) in [4.78, 5) is 72.2. The van der Waals surface area contributed by atoms with Crippen molar-refractivity contribution < 1.29 is 80.2 Å². The summed E-state index contributed by atoms with van der Waals surface area (Å²) in [6.07, 6.45) is 33.7. The summed E-state index contributed by atoms with van der Waals surface area (Å²) < 4.78 is 68.0. The van der Waals surface area contributed by atoms with Gasteiger partial charge in [0, 0.05) is 25.7 Å². The molecule has 0 aromatic rings. The van der Waals surface area contributed by atoms with E-state index in [-0.39, 0.29) is 25.7 Å². The Hall–Kier alpha value is -1.94. The predicted molar refractivity (Wildman–Crippen MR) is 331 cm³/mol. The summed E-state index contributed by atoms with van der Waals surface area (Å²) in [6.45, 7) is 13.9. The Bertz CT molecular complexity index is 1660. The number of carbonyl (C=O) groups excluding carboxylic acids is 4. The topological polar surface area (TPSA) is 237 Å². The lowest BCUT2D eigenvalue weighted by molar-refractivity contribution is -0.161. The van der Waals surface area contributed by atoms with Crippen LogP contribution in [0.25, 0.3) is 0 Å². The van der Waals surface area contributed by atoms with Crippen molar-refractivity contribution in [3.63, 3.8) is 0 Å². The first-order valence-corrected chi connectivity index (χ1v) is 36.2. The van der Waals surface area contributed by atoms with Gasteiger partial charge in [-0.15, -0.1) is 0 Å². The number of hydrogen-bond acceptors (Lipinski definition) is 15. The highest BCUT2D eigenvalue weighted by atomic mass is 31.2. The number of aliphatic hydroxyl groups is 1. The SMILES string of the molecule is CC(C)CCCCCCCCCCCC(=O)OC[C@H](COP(=O)(O)OCC(O)COP(=O)(O)OC[C@@H](COC(=O)CCCCCCCCCCC(C)C)OC(=O)CCCCCCCCCCC(C)C)OC(=O)CCCCCCCCC(C)C. The van der Waals surface area contributed by atoms with Crippen LogP contribution in [0.4, 0.5) is 0 Å². The van der Waals surface area contributed by atoms with Gasteiger partial charge in [0.2, 0.25) is 0 Å². The lowest BCUT2D eigenvalue weighted by Gasteiger charge is -2.21. The van der Waals surface area contributed by atoms with Crippen LogP contribution in [-0.2, 0) is 65.4 Å². The molecule has 3 unspecified atom stereocenters. The quantitative estimate of drug-likeness (QED) is 0.0222. The molecule has 0 aliphatic rings. The molecule has 0 spiro atoms. The molecule has 19 heteroatoms. The third-order valence-electron chi connectivity index (χ3n) is 14.6. The maximum absolute atomic E-state index is 13.0. The van der Waals surface area contributed by atoms with Crippen LogP contribution in [0.2, 0.25) is 0 Å². The molecule has 17 nitrogen and oxygen atoms in total. The minimum Gasteiger partial charge on any atom is -0.462 e. The number of phosphoric ester groups is 2. The molecule has 0 amide bonds. The van der Waals surface area contributed by atoms with Crippen LogP contribution in [0, 0.1) is 23.7 Å². The van der Waals surface area contributed by atoms with Gasteiger partial charge in [-0.1, -0.05) is 254 Å². The molecule has 0 bridgehead atoms. The first-order valence-electron chi connectivity index (χ1n) is 33.2. The van der Waals surface area contributed by atoms with Crippen molar-refractivity contribution in [1.29, 1.82) is 0 Å². The molecule has 0 saturated heterocycles. The van der Waals surface area contributed by atoms with Crippen molar-refractivity contribution in [2.24, 2.45) is 23.7 Å². The largest absolute Gasteiger partial charge is 0.472 e. The number of hydrogen-bond donors (Lipinski definition) is 3. The van der Waals surface area contributed by atoms with Crippen LogP contribution in [0.5, 0.6) is 0 Å². The van der Waals surface area contributed by atoms with E-state index in [4.69, 9.17) is 37.0 Å². The van der Waals surface area contributed by atoms with Crippen molar-refractivity contribution in [3.8, 4) is 0 Å². The monoisotopic (exact) mass is 1230 g/mol. The van der Waals surface area contributed by atoms with E-state index in [1.165, 1.54) is 109 Å². The molecular weight excluding hydrogens is 1100 g/mol. The van der Waals surface area contributed by atoms with Crippen LogP contribution < -0.4 is 0 Å². The number of phosphoric acid groups is 2. The van der Waals surface area contributed by atoms with Gasteiger partial charge in [0.05, 0.1) is 26.4 Å². The third-order valence-corrected chi connectivity index (χ3v) is 16.5. The molecule has 0 rings (SSSR count). The summed E-state index contributed by atoms with van der Waals surface area (Å²) in [5.41, 5.74) is 0. The Morgan fingerprint density at radius 3 is 0.747 bits per heavy atom. The van der Waals surface area contributed by atoms with E-state index in [0.717, 1.165) is 108 Å². The van der Waals surface area contributed by atoms with E-state index in [9.17, 15) is 43.2 Å². The van der Waals surface area contributed by atoms with Gasteiger partial charge in [0.15, 0.2) is 12.2 Å². The second kappa shape index (κ2) is 54.2. The highest BCUT2D eigenvalue weighted by Gasteiger charge is 2.30. The summed E-state index contributed by atoms with van der Waals surface area (Å²) in [5, 5.41) is 10.5. The van der Waals surface area contributed by atoms with Gasteiger partial charge in [-0.3, -0.25) is 37.3 Å². The van der Waals surface area contributed by atoms with Crippen LogP contribution in [-0.4, -0.2) is 96.7 Å². The van der Waals surface area contributed by atoms with Gasteiger partial charge < -0.3 is 33.8 Å². The third kappa shape index (κ3) is 58.8. The number of ether oxygens (including phenoxy) is 4. The fourth-order valence-electron chi connectivity index (χ4n) is 9.43. The van der Waals surface area contributed by atoms with E-state index in [1.807, 2.05) is 0 Å². The molecule has 492 valence electrons. The molecule has 0 aromatic carbocycles. The van der Waals surface area contributed by atoms with E-state index < -0.39 is 97.5 Å². The highest BCUT2D eigenvalue weighted by molar-refractivity contribution is 7.47. The molecule has 0 aliphatic carbocycles. The predicted octanol–water partition coefficient (Wildman–Crippen LogP) is 17.4. The Balaban J connectivity index is 5.24. The van der Waals surface area contributed by atoms with Crippen LogP contribution in [0.3, 0.4) is 0 Å². The Morgan fingerprint density at radius 1 is 0.301 bits per heavy atom. The molecule has 3 N–H and O–H groups in total. The lowest BCUT2D eigenvalue weighted by atomic mass is 10.0. The Kier molecular flexibility index (Phi) is 53.0. The normalized spacial score (nSPS) is 14.4. The van der Waals surface area contributed by atoms with Gasteiger partial charge in [-0.2, -0.15) is 0 Å². The molecule has 0 aliphatic heterocycles. The molecular formula is C64H124O17P2. The van der Waals surface area contributed by atoms with Crippen molar-refractivity contribution in [2.45, 2.75) is 324 Å². The molecule has 0 heterocycles. The number of esters is 4. The molecule has 0 fully saturated rings. The lowest BCUT2D eigenvalue weighted by Crippen LogP contribution is -2.30. The van der Waals surface area contributed by atoms with Crippen molar-refractivity contribution in [2.75, 3.05) is 39.6 Å². The average Bonchev–Trinajstić information content (AvgIpc) is 3.42. The Morgan fingerprint density at radius 2 is 0.506 bits per heavy atom. The minimum absolute atomic E-state index is 0.101. The highest BCUT2D eigenvalue weighted by Crippen LogP contribution is 2.45. The van der Waals surface area contributed by atoms with E-state index in [0.29, 0.717) is 31.6 Å². The van der Waals surface area contributed by atoms with Gasteiger partial charge in [-0.25, -0.2) is 9.13 Å². The van der Waals surface area contributed by atoms with Gasteiger partial charge >= 0.3 is 39.5 Å². The van der Waals surface area contributed by atoms with Crippen molar-refractivity contribution in [1.82, 2.24) is 0 Å². The summed E-state index contributed by atoms with van der Waals surface area (Å²) in [7, 11) is -9.89. The van der Waals surface area contributed by atoms with Gasteiger partial charge in [0.25, 0.3) is 0 Å². The number of carbonyl (C=O) groups is 4. The summed E-state index contributed by atoms with van der Waals surface area (Å²) >= 11 is 0. The summed E-state index contributed by atoms with van der Waals surface area (Å²) in [5.74, 6) is 0.714. The van der Waals surface area contributed by atoms with E-state index in [2.05, 4.69) is 55.4 Å². The molecule has 0 radical (unpaired) electrons. The van der Waals surface area contributed by atoms with Crippen LogP contribution in [0.15, 0.2) is 0 Å². The molecule has 83 heavy (non-hydrogen) atoms. The second-order valence-corrected chi connectivity index (χ2v) is 28.0. The smallest absolute Gasteiger partial charge is 0.462 e. The molecule has 0 saturated carbocycles. The van der Waals surface area contributed by atoms with E-state index >= 15 is 0 Å². The summed E-state index contributed by atoms with van der Waals surface area (Å²) in [6, 6.07) is 0. The first-order chi connectivity index (χ1) is 39.6. The van der Waals surface area contributed by atoms with Crippen LogP contribution >= 0.6 is 15.6 Å². The minimum atomic E-state index is -4.94. The Labute approximate surface area is 505 Å². The van der Waals surface area contributed by atoms with Crippen molar-refractivity contribution in [3.05, 3.63) is 0 Å². The zero-order valence-corrected chi connectivity index (χ0v) is 55.6. The second-order valence-electron chi connectivity index (χ2n) is 25.1. The zero-order valence-electron chi connectivity index (χ0n) is 53.8. The standard InChI is InChI=1S/C64H124O17P2/c1-54(2)40-32-24-16-10-9-11-19-28-36-44-61(66)74-51-60(81-64(69)47-39-31-23-22-27-35-43-57(7)8)53-79-83(72,73)77-49-58(65)48-76-82(70,71)78-52-59(80-63(68)46-38-30-21-15-13-18-26-34-42-56(5)6)50-75-62(67)45-37-29-20-14-12-17-25-33-41-55(3)4/h54-60,65H,9-53H2,1-8H3,(H,70,71)(H,72,73)/t58?,59-,60-/m1/s1. The van der Waals surface area contributed by atoms with Gasteiger partial charge in [0.1, 0.15) is 19.3 Å². The van der Waals surface area contributed by atoms with Crippen LogP contribution in [0.1, 0.15) is 306 Å². The fraction of sp³-hybridized carbons (Fsp3) is 0.938. The average molecular weight is 1230 g/mol. The van der Waals surface area contributed by atoms with Crippen molar-refractivity contribution >= 4 is 39.5 Å². The maximum Gasteiger partial charge on any atom is 0.472 e. The molecule has 0 aromatic heterocycles. The zero-order chi connectivity index (χ0) is 61.8.